The number of nitrogens with zero attached hydrogens (tertiary/aromatic N) is 4. The van der Waals surface area contributed by atoms with Crippen molar-refractivity contribution in [3.05, 3.63) is 5.82 Å². The standard InChI is InChI=1S/C5H8N4O/c1-4(10)3-5-6-7-8-9(5)2/h3H2,1-2H3. The molecule has 0 saturated carbocycles. The molecule has 0 radical (unpaired) electrons. The Morgan fingerprint density at radius 1 is 1.70 bits per heavy atom. The van der Waals surface area contributed by atoms with E-state index in [-0.39, 0.29) is 5.78 Å². The molecule has 0 aliphatic rings. The average molecular weight is 140 g/mol. The molecule has 5 heteroatoms. The molecule has 0 saturated heterocycles. The molecule has 0 atom stereocenters. The quantitative estimate of drug-likeness (QED) is 0.547. The Balaban J connectivity index is 2.74. The number of aryl methyl sites for hydroxylation is 1. The van der Waals surface area contributed by atoms with E-state index in [0.29, 0.717) is 12.2 Å². The van der Waals surface area contributed by atoms with Gasteiger partial charge in [-0.3, -0.25) is 4.79 Å². The van der Waals surface area contributed by atoms with Gasteiger partial charge in [0.05, 0.1) is 6.42 Å². The molecular formula is C5H8N4O. The predicted molar refractivity (Wildman–Crippen MR) is 33.2 cm³/mol. The predicted octanol–water partition coefficient (Wildman–Crippen LogP) is -0.658. The second-order valence-electron chi connectivity index (χ2n) is 2.10. The van der Waals surface area contributed by atoms with Gasteiger partial charge in [0.25, 0.3) is 0 Å². The lowest BCUT2D eigenvalue weighted by Gasteiger charge is -1.91. The van der Waals surface area contributed by atoms with Gasteiger partial charge in [0.1, 0.15) is 5.78 Å². The van der Waals surface area contributed by atoms with E-state index in [4.69, 9.17) is 0 Å². The first-order chi connectivity index (χ1) is 4.70. The van der Waals surface area contributed by atoms with Gasteiger partial charge in [0.2, 0.25) is 0 Å². The van der Waals surface area contributed by atoms with Crippen LogP contribution in [0.15, 0.2) is 0 Å². The number of Topliss-reactive ketones (excluding diaryl/α,β-unsaturated/α-hetero) is 1. The third-order valence-corrected chi connectivity index (χ3v) is 1.11. The number of carbonyl (C=O) groups is 1. The van der Waals surface area contributed by atoms with Crippen molar-refractivity contribution in [1.82, 2.24) is 20.2 Å². The first-order valence-corrected chi connectivity index (χ1v) is 2.91. The minimum Gasteiger partial charge on any atom is -0.300 e. The van der Waals surface area contributed by atoms with Crippen molar-refractivity contribution in [2.24, 2.45) is 7.05 Å². The van der Waals surface area contributed by atoms with Gasteiger partial charge in [0, 0.05) is 7.05 Å². The van der Waals surface area contributed by atoms with E-state index < -0.39 is 0 Å². The molecule has 0 spiro atoms. The maximum Gasteiger partial charge on any atom is 0.158 e. The molecule has 0 aromatic carbocycles. The summed E-state index contributed by atoms with van der Waals surface area (Å²) in [6.07, 6.45) is 0.309. The van der Waals surface area contributed by atoms with E-state index in [9.17, 15) is 4.79 Å². The lowest BCUT2D eigenvalue weighted by atomic mass is 10.3. The highest BCUT2D eigenvalue weighted by Crippen LogP contribution is 1.89. The average Bonchev–Trinajstić information content (AvgIpc) is 2.15. The van der Waals surface area contributed by atoms with Crippen LogP contribution in [0.25, 0.3) is 0 Å². The fourth-order valence-corrected chi connectivity index (χ4v) is 0.620. The third kappa shape index (κ3) is 1.37. The monoisotopic (exact) mass is 140 g/mol. The summed E-state index contributed by atoms with van der Waals surface area (Å²) >= 11 is 0. The summed E-state index contributed by atoms with van der Waals surface area (Å²) in [6, 6.07) is 0. The summed E-state index contributed by atoms with van der Waals surface area (Å²) in [5, 5.41) is 10.6. The molecule has 0 fully saturated rings. The minimum atomic E-state index is 0.0675. The fourth-order valence-electron chi connectivity index (χ4n) is 0.620. The summed E-state index contributed by atoms with van der Waals surface area (Å²) in [7, 11) is 1.71. The van der Waals surface area contributed by atoms with Crippen molar-refractivity contribution in [1.29, 1.82) is 0 Å². The van der Waals surface area contributed by atoms with Crippen molar-refractivity contribution < 1.29 is 4.79 Å². The van der Waals surface area contributed by atoms with Gasteiger partial charge >= 0.3 is 0 Å². The van der Waals surface area contributed by atoms with Crippen LogP contribution in [0.2, 0.25) is 0 Å². The van der Waals surface area contributed by atoms with Crippen LogP contribution in [0.1, 0.15) is 12.7 Å². The number of hydrogen-bond donors (Lipinski definition) is 0. The molecule has 0 aliphatic carbocycles. The summed E-state index contributed by atoms with van der Waals surface area (Å²) < 4.78 is 1.49. The van der Waals surface area contributed by atoms with Crippen molar-refractivity contribution in [3.63, 3.8) is 0 Å². The van der Waals surface area contributed by atoms with Crippen LogP contribution in [0.5, 0.6) is 0 Å². The summed E-state index contributed by atoms with van der Waals surface area (Å²) in [6.45, 7) is 1.51. The second-order valence-corrected chi connectivity index (χ2v) is 2.10. The van der Waals surface area contributed by atoms with E-state index in [1.165, 1.54) is 11.6 Å². The van der Waals surface area contributed by atoms with Crippen LogP contribution < -0.4 is 0 Å². The Hall–Kier alpha value is -1.26. The van der Waals surface area contributed by atoms with Gasteiger partial charge in [-0.1, -0.05) is 0 Å². The second kappa shape index (κ2) is 2.55. The number of tetrazole rings is 1. The number of hydrogen-bond acceptors (Lipinski definition) is 4. The zero-order chi connectivity index (χ0) is 7.56. The molecule has 1 aromatic heterocycles. The normalized spacial score (nSPS) is 9.80. The third-order valence-electron chi connectivity index (χ3n) is 1.11. The molecule has 0 N–H and O–H groups in total. The molecule has 5 nitrogen and oxygen atoms in total. The summed E-state index contributed by atoms with van der Waals surface area (Å²) in [5.74, 6) is 0.672. The maximum absolute atomic E-state index is 10.6. The highest BCUT2D eigenvalue weighted by Gasteiger charge is 2.03. The van der Waals surface area contributed by atoms with Gasteiger partial charge < -0.3 is 0 Å². The van der Waals surface area contributed by atoms with Gasteiger partial charge in [-0.25, -0.2) is 4.68 Å². The first-order valence-electron chi connectivity index (χ1n) is 2.91. The van der Waals surface area contributed by atoms with E-state index in [1.54, 1.807) is 7.05 Å². The van der Waals surface area contributed by atoms with E-state index >= 15 is 0 Å². The van der Waals surface area contributed by atoms with E-state index in [0.717, 1.165) is 0 Å². The molecular weight excluding hydrogens is 132 g/mol. The molecule has 0 bridgehead atoms. The highest BCUT2D eigenvalue weighted by molar-refractivity contribution is 5.77. The van der Waals surface area contributed by atoms with Crippen molar-refractivity contribution in [2.45, 2.75) is 13.3 Å². The van der Waals surface area contributed by atoms with Crippen LogP contribution >= 0.6 is 0 Å². The fraction of sp³-hybridized carbons (Fsp3) is 0.600. The summed E-state index contributed by atoms with van der Waals surface area (Å²) in [5.41, 5.74) is 0. The Morgan fingerprint density at radius 2 is 2.40 bits per heavy atom. The van der Waals surface area contributed by atoms with Crippen LogP contribution in [0.4, 0.5) is 0 Å². The molecule has 1 aromatic rings. The van der Waals surface area contributed by atoms with Crippen molar-refractivity contribution in [3.8, 4) is 0 Å². The molecule has 10 heavy (non-hydrogen) atoms. The zero-order valence-electron chi connectivity index (χ0n) is 5.90. The van der Waals surface area contributed by atoms with Crippen molar-refractivity contribution >= 4 is 5.78 Å². The minimum absolute atomic E-state index is 0.0675. The zero-order valence-corrected chi connectivity index (χ0v) is 5.90. The smallest absolute Gasteiger partial charge is 0.158 e. The van der Waals surface area contributed by atoms with E-state index in [1.807, 2.05) is 0 Å². The SMILES string of the molecule is CC(=O)Cc1nnnn1C. The van der Waals surface area contributed by atoms with Crippen LogP contribution in [0.3, 0.4) is 0 Å². The van der Waals surface area contributed by atoms with E-state index in [2.05, 4.69) is 15.5 Å². The van der Waals surface area contributed by atoms with Gasteiger partial charge in [-0.2, -0.15) is 0 Å². The summed E-state index contributed by atoms with van der Waals surface area (Å²) in [4.78, 5) is 10.6. The first kappa shape index (κ1) is 6.85. The highest BCUT2D eigenvalue weighted by atomic mass is 16.1. The van der Waals surface area contributed by atoms with Gasteiger partial charge in [-0.05, 0) is 17.4 Å². The Morgan fingerprint density at radius 3 is 2.80 bits per heavy atom. The Bertz CT molecular complexity index is 242. The number of aromatic nitrogens is 4. The van der Waals surface area contributed by atoms with Gasteiger partial charge in [-0.15, -0.1) is 5.10 Å². The van der Waals surface area contributed by atoms with Crippen LogP contribution in [0, 0.1) is 0 Å². The molecule has 1 rings (SSSR count). The molecule has 0 aliphatic heterocycles. The Labute approximate surface area is 58.0 Å². The van der Waals surface area contributed by atoms with Crippen LogP contribution in [-0.2, 0) is 18.3 Å². The topological polar surface area (TPSA) is 60.7 Å². The largest absolute Gasteiger partial charge is 0.300 e. The molecule has 0 amide bonds. The van der Waals surface area contributed by atoms with Crippen molar-refractivity contribution in [2.75, 3.05) is 0 Å². The maximum atomic E-state index is 10.6. The number of ketones is 1. The number of carbonyl (C=O) groups excluding carboxylic acids is 1. The van der Waals surface area contributed by atoms with Crippen LogP contribution in [-0.4, -0.2) is 26.0 Å². The molecule has 1 heterocycles. The Kier molecular flexibility index (Phi) is 1.75. The molecule has 54 valence electrons. The van der Waals surface area contributed by atoms with Gasteiger partial charge in [0.15, 0.2) is 5.82 Å². The number of rotatable bonds is 2. The lowest BCUT2D eigenvalue weighted by molar-refractivity contribution is -0.116. The lowest BCUT2D eigenvalue weighted by Crippen LogP contribution is -2.04. The molecule has 0 unspecified atom stereocenters.